The van der Waals surface area contributed by atoms with Crippen LogP contribution in [0, 0.1) is 0 Å². The third-order valence-electron chi connectivity index (χ3n) is 2.52. The molecule has 2 aromatic rings. The van der Waals surface area contributed by atoms with Gasteiger partial charge in [-0.15, -0.1) is 0 Å². The van der Waals surface area contributed by atoms with Crippen LogP contribution in [-0.4, -0.2) is 27.3 Å². The molecule has 0 atom stereocenters. The molecule has 0 aliphatic heterocycles. The molecule has 0 unspecified atom stereocenters. The van der Waals surface area contributed by atoms with Crippen molar-refractivity contribution < 1.29 is 14.7 Å². The van der Waals surface area contributed by atoms with Crippen LogP contribution in [0.2, 0.25) is 5.02 Å². The van der Waals surface area contributed by atoms with E-state index in [-0.39, 0.29) is 17.8 Å². The molecular weight excluding hydrogens is 296 g/mol. The van der Waals surface area contributed by atoms with Gasteiger partial charge >= 0.3 is 12.0 Å². The third-order valence-corrected chi connectivity index (χ3v) is 2.75. The first-order valence-electron chi connectivity index (χ1n) is 5.90. The van der Waals surface area contributed by atoms with Gasteiger partial charge in [0.25, 0.3) is 0 Å². The summed E-state index contributed by atoms with van der Waals surface area (Å²) in [4.78, 5) is 22.8. The fourth-order valence-corrected chi connectivity index (χ4v) is 1.74. The van der Waals surface area contributed by atoms with Crippen molar-refractivity contribution >= 4 is 29.3 Å². The van der Waals surface area contributed by atoms with Gasteiger partial charge in [-0.1, -0.05) is 11.6 Å². The lowest BCUT2D eigenvalue weighted by molar-refractivity contribution is 0.0698. The summed E-state index contributed by atoms with van der Waals surface area (Å²) in [7, 11) is 0. The van der Waals surface area contributed by atoms with E-state index >= 15 is 0 Å². The fourth-order valence-electron chi connectivity index (χ4n) is 1.57. The molecule has 1 heterocycles. The second kappa shape index (κ2) is 6.67. The lowest BCUT2D eigenvalue weighted by atomic mass is 10.2. The molecule has 0 aliphatic rings. The summed E-state index contributed by atoms with van der Waals surface area (Å²) in [6, 6.07) is 6.96. The molecule has 108 valence electrons. The Labute approximate surface area is 125 Å². The number of rotatable bonds is 4. The Morgan fingerprint density at radius 3 is 2.76 bits per heavy atom. The lowest BCUT2D eigenvalue weighted by Crippen LogP contribution is -2.29. The molecule has 0 spiro atoms. The third kappa shape index (κ3) is 4.15. The molecule has 21 heavy (non-hydrogen) atoms. The average molecular weight is 307 g/mol. The molecule has 2 amide bonds. The molecule has 0 radical (unpaired) electrons. The fraction of sp³-hybridized carbons (Fsp3) is 0.0769. The number of anilines is 1. The van der Waals surface area contributed by atoms with E-state index in [1.165, 1.54) is 24.4 Å². The number of carboxylic acid groups (broad SMARTS) is 1. The number of carbonyl (C=O) groups is 2. The topological polar surface area (TPSA) is 104 Å². The van der Waals surface area contributed by atoms with Crippen LogP contribution in [0.3, 0.4) is 0 Å². The van der Waals surface area contributed by atoms with Crippen molar-refractivity contribution in [3.63, 3.8) is 0 Å². The highest BCUT2D eigenvalue weighted by atomic mass is 35.5. The quantitative estimate of drug-likeness (QED) is 0.803. The summed E-state index contributed by atoms with van der Waals surface area (Å²) in [6.45, 7) is 0.169. The maximum Gasteiger partial charge on any atom is 0.337 e. The number of hydrogen-bond acceptors (Lipinski definition) is 4. The molecule has 7 nitrogen and oxygen atoms in total. The predicted molar refractivity (Wildman–Crippen MR) is 76.3 cm³/mol. The van der Waals surface area contributed by atoms with Crippen molar-refractivity contribution in [3.05, 3.63) is 52.8 Å². The highest BCUT2D eigenvalue weighted by Gasteiger charge is 2.12. The summed E-state index contributed by atoms with van der Waals surface area (Å²) >= 11 is 5.80. The number of aromatic nitrogens is 2. The Morgan fingerprint density at radius 2 is 2.10 bits per heavy atom. The highest BCUT2D eigenvalue weighted by molar-refractivity contribution is 6.31. The first-order valence-corrected chi connectivity index (χ1v) is 6.28. The maximum atomic E-state index is 11.8. The summed E-state index contributed by atoms with van der Waals surface area (Å²) in [6.07, 6.45) is 1.52. The van der Waals surface area contributed by atoms with Gasteiger partial charge in [0.15, 0.2) is 0 Å². The Kier molecular flexibility index (Phi) is 4.68. The van der Waals surface area contributed by atoms with Gasteiger partial charge in [-0.2, -0.15) is 10.2 Å². The van der Waals surface area contributed by atoms with Crippen LogP contribution in [-0.2, 0) is 6.54 Å². The smallest absolute Gasteiger partial charge is 0.337 e. The van der Waals surface area contributed by atoms with Crippen LogP contribution in [0.4, 0.5) is 10.5 Å². The average Bonchev–Trinajstić information content (AvgIpc) is 2.46. The minimum Gasteiger partial charge on any atom is -0.478 e. The summed E-state index contributed by atoms with van der Waals surface area (Å²) < 4.78 is 0. The first kappa shape index (κ1) is 14.7. The van der Waals surface area contributed by atoms with Gasteiger partial charge in [-0.3, -0.25) is 0 Å². The number of carboxylic acids is 1. The molecule has 8 heteroatoms. The zero-order chi connectivity index (χ0) is 15.2. The van der Waals surface area contributed by atoms with E-state index in [0.717, 1.165) is 0 Å². The number of amides is 2. The van der Waals surface area contributed by atoms with E-state index in [2.05, 4.69) is 20.8 Å². The Bertz CT molecular complexity index is 664. The molecule has 1 aromatic carbocycles. The van der Waals surface area contributed by atoms with Gasteiger partial charge in [-0.05, 0) is 30.3 Å². The normalized spacial score (nSPS) is 9.95. The number of urea groups is 1. The van der Waals surface area contributed by atoms with Crippen LogP contribution in [0.1, 0.15) is 16.1 Å². The van der Waals surface area contributed by atoms with Crippen LogP contribution < -0.4 is 10.6 Å². The minimum absolute atomic E-state index is 0.0472. The summed E-state index contributed by atoms with van der Waals surface area (Å²) in [5.74, 6) is -1.16. The number of benzene rings is 1. The number of nitrogens with zero attached hydrogens (tertiary/aromatic N) is 2. The SMILES string of the molecule is O=C(NCc1cccnn1)Nc1cc(Cl)ccc1C(=O)O. The molecule has 1 aromatic heterocycles. The minimum atomic E-state index is -1.16. The second-order valence-corrected chi connectivity index (χ2v) is 4.45. The first-order chi connectivity index (χ1) is 10.1. The molecule has 0 aliphatic carbocycles. The van der Waals surface area contributed by atoms with Gasteiger partial charge in [-0.25, -0.2) is 9.59 Å². The molecule has 0 bridgehead atoms. The molecule has 3 N–H and O–H groups in total. The Morgan fingerprint density at radius 1 is 1.29 bits per heavy atom. The van der Waals surface area contributed by atoms with Crippen molar-refractivity contribution in [3.8, 4) is 0 Å². The molecule has 0 saturated carbocycles. The standard InChI is InChI=1S/C13H11ClN4O3/c14-8-3-4-10(12(19)20)11(6-8)17-13(21)15-7-9-2-1-5-16-18-9/h1-6H,7H2,(H,19,20)(H2,15,17,21). The number of aromatic carboxylic acids is 1. The van der Waals surface area contributed by atoms with Crippen LogP contribution >= 0.6 is 11.6 Å². The van der Waals surface area contributed by atoms with Gasteiger partial charge < -0.3 is 15.7 Å². The Hall–Kier alpha value is -2.67. The van der Waals surface area contributed by atoms with Gasteiger partial charge in [0.1, 0.15) is 0 Å². The van der Waals surface area contributed by atoms with E-state index < -0.39 is 12.0 Å². The van der Waals surface area contributed by atoms with Gasteiger partial charge in [0, 0.05) is 11.2 Å². The zero-order valence-electron chi connectivity index (χ0n) is 10.7. The lowest BCUT2D eigenvalue weighted by Gasteiger charge is -2.10. The van der Waals surface area contributed by atoms with Crippen molar-refractivity contribution in [2.45, 2.75) is 6.54 Å². The van der Waals surface area contributed by atoms with Crippen molar-refractivity contribution in [2.75, 3.05) is 5.32 Å². The monoisotopic (exact) mass is 306 g/mol. The van der Waals surface area contributed by atoms with E-state index in [0.29, 0.717) is 10.7 Å². The van der Waals surface area contributed by atoms with Crippen molar-refractivity contribution in [1.82, 2.24) is 15.5 Å². The predicted octanol–water partition coefficient (Wildman–Crippen LogP) is 2.15. The summed E-state index contributed by atoms with van der Waals surface area (Å²) in [5.41, 5.74) is 0.651. The van der Waals surface area contributed by atoms with E-state index in [4.69, 9.17) is 16.7 Å². The number of nitrogens with one attached hydrogen (secondary N) is 2. The van der Waals surface area contributed by atoms with E-state index in [1.807, 2.05) is 0 Å². The molecule has 0 saturated heterocycles. The number of hydrogen-bond donors (Lipinski definition) is 3. The number of carbonyl (C=O) groups excluding carboxylic acids is 1. The highest BCUT2D eigenvalue weighted by Crippen LogP contribution is 2.21. The largest absolute Gasteiger partial charge is 0.478 e. The maximum absolute atomic E-state index is 11.8. The van der Waals surface area contributed by atoms with Crippen LogP contribution in [0.15, 0.2) is 36.5 Å². The zero-order valence-corrected chi connectivity index (χ0v) is 11.5. The van der Waals surface area contributed by atoms with E-state index in [9.17, 15) is 9.59 Å². The summed E-state index contributed by atoms with van der Waals surface area (Å²) in [5, 5.41) is 21.8. The number of halogens is 1. The molecule has 0 fully saturated rings. The van der Waals surface area contributed by atoms with Crippen LogP contribution in [0.25, 0.3) is 0 Å². The molecule has 2 rings (SSSR count). The second-order valence-electron chi connectivity index (χ2n) is 4.02. The van der Waals surface area contributed by atoms with E-state index in [1.54, 1.807) is 12.1 Å². The van der Waals surface area contributed by atoms with Crippen molar-refractivity contribution in [1.29, 1.82) is 0 Å². The molecular formula is C13H11ClN4O3. The van der Waals surface area contributed by atoms with Crippen LogP contribution in [0.5, 0.6) is 0 Å². The van der Waals surface area contributed by atoms with Crippen molar-refractivity contribution in [2.24, 2.45) is 0 Å². The Balaban J connectivity index is 2.02. The van der Waals surface area contributed by atoms with Gasteiger partial charge in [0.2, 0.25) is 0 Å². The van der Waals surface area contributed by atoms with Gasteiger partial charge in [0.05, 0.1) is 23.5 Å².